The van der Waals surface area contributed by atoms with Crippen LogP contribution in [-0.2, 0) is 0 Å². The number of methoxy groups -OCH3 is 1. The normalized spacial score (nSPS) is 10.6. The Morgan fingerprint density at radius 1 is 1.11 bits per heavy atom. The molecule has 2 aromatic heterocycles. The molecule has 1 amide bonds. The number of H-pyrrole nitrogens is 1. The number of aromatic nitrogens is 4. The molecule has 0 fully saturated rings. The van der Waals surface area contributed by atoms with Crippen LogP contribution in [-0.4, -0.2) is 33.0 Å². The number of aromatic amines is 1. The fourth-order valence-electron chi connectivity index (χ4n) is 2.75. The van der Waals surface area contributed by atoms with E-state index in [9.17, 15) is 4.79 Å². The van der Waals surface area contributed by atoms with E-state index < -0.39 is 0 Å². The van der Waals surface area contributed by atoms with E-state index >= 15 is 0 Å². The van der Waals surface area contributed by atoms with Gasteiger partial charge in [0.1, 0.15) is 0 Å². The van der Waals surface area contributed by atoms with Gasteiger partial charge in [-0.2, -0.15) is 10.2 Å². The largest absolute Gasteiger partial charge is 0.493 e. The molecule has 0 aliphatic rings. The number of nitrogens with zero attached hydrogens (tertiary/aromatic N) is 3. The van der Waals surface area contributed by atoms with Crippen molar-refractivity contribution in [1.82, 2.24) is 20.0 Å². The summed E-state index contributed by atoms with van der Waals surface area (Å²) >= 11 is 0. The minimum atomic E-state index is -0.344. The molecule has 0 saturated carbocycles. The second-order valence-electron chi connectivity index (χ2n) is 5.83. The zero-order valence-electron chi connectivity index (χ0n) is 14.6. The van der Waals surface area contributed by atoms with Gasteiger partial charge in [0.05, 0.1) is 24.7 Å². The highest BCUT2D eigenvalue weighted by atomic mass is 16.5. The molecule has 0 aliphatic heterocycles. The summed E-state index contributed by atoms with van der Waals surface area (Å²) in [5, 5.41) is 14.1. The van der Waals surface area contributed by atoms with Crippen molar-refractivity contribution in [3.63, 3.8) is 0 Å². The van der Waals surface area contributed by atoms with Crippen LogP contribution >= 0.6 is 0 Å². The van der Waals surface area contributed by atoms with Crippen molar-refractivity contribution < 1.29 is 9.53 Å². The van der Waals surface area contributed by atoms with Crippen molar-refractivity contribution in [2.75, 3.05) is 12.4 Å². The number of nitrogens with one attached hydrogen (secondary N) is 2. The molecule has 0 spiro atoms. The molecule has 134 valence electrons. The zero-order chi connectivity index (χ0) is 18.6. The number of hydrogen-bond acceptors (Lipinski definition) is 4. The second kappa shape index (κ2) is 7.17. The average Bonchev–Trinajstić information content (AvgIpc) is 3.39. The Morgan fingerprint density at radius 2 is 1.96 bits per heavy atom. The number of hydrogen-bond donors (Lipinski definition) is 2. The summed E-state index contributed by atoms with van der Waals surface area (Å²) < 4.78 is 6.95. The van der Waals surface area contributed by atoms with Crippen LogP contribution in [0.1, 0.15) is 10.5 Å². The fraction of sp³-hybridized carbons (Fsp3) is 0.0500. The van der Waals surface area contributed by atoms with Gasteiger partial charge in [-0.05, 0) is 30.3 Å². The molecule has 4 aromatic rings. The lowest BCUT2D eigenvalue weighted by Crippen LogP contribution is -2.14. The summed E-state index contributed by atoms with van der Waals surface area (Å²) in [7, 11) is 1.52. The van der Waals surface area contributed by atoms with Gasteiger partial charge in [-0.3, -0.25) is 9.89 Å². The summed E-state index contributed by atoms with van der Waals surface area (Å²) in [6.07, 6.45) is 3.37. The number of amides is 1. The van der Waals surface area contributed by atoms with Gasteiger partial charge >= 0.3 is 0 Å². The van der Waals surface area contributed by atoms with Gasteiger partial charge in [0.15, 0.2) is 11.4 Å². The first-order valence-electron chi connectivity index (χ1n) is 8.35. The molecule has 7 nitrogen and oxygen atoms in total. The van der Waals surface area contributed by atoms with Crippen LogP contribution in [0.3, 0.4) is 0 Å². The quantitative estimate of drug-likeness (QED) is 0.571. The standard InChI is InChI=1S/C20H17N5O2/c1-27-18-13-25(16-8-3-2-4-9-16)24-19(18)20(26)22-15-7-5-6-14(12-15)17-10-11-21-23-17/h2-13H,1H3,(H,21,23)(H,22,26). The molecule has 2 heterocycles. The molecule has 4 rings (SSSR count). The molecule has 0 bridgehead atoms. The van der Waals surface area contributed by atoms with Gasteiger partial charge in [-0.15, -0.1) is 0 Å². The molecule has 0 radical (unpaired) electrons. The van der Waals surface area contributed by atoms with Crippen LogP contribution in [0.25, 0.3) is 16.9 Å². The molecule has 0 aliphatic carbocycles. The molecular formula is C20H17N5O2. The highest BCUT2D eigenvalue weighted by Crippen LogP contribution is 2.23. The summed E-state index contributed by atoms with van der Waals surface area (Å²) in [5.74, 6) is 0.0596. The Balaban J connectivity index is 1.60. The average molecular weight is 359 g/mol. The van der Waals surface area contributed by atoms with E-state index in [0.717, 1.165) is 16.9 Å². The molecular weight excluding hydrogens is 342 g/mol. The van der Waals surface area contributed by atoms with E-state index in [-0.39, 0.29) is 11.6 Å². The topological polar surface area (TPSA) is 84.8 Å². The van der Waals surface area contributed by atoms with Crippen LogP contribution in [0.15, 0.2) is 73.1 Å². The van der Waals surface area contributed by atoms with Gasteiger partial charge in [0.2, 0.25) is 0 Å². The molecule has 7 heteroatoms. The third-order valence-corrected chi connectivity index (χ3v) is 4.07. The number of carbonyl (C=O) groups excluding carboxylic acids is 1. The Morgan fingerprint density at radius 3 is 2.70 bits per heavy atom. The molecule has 0 unspecified atom stereocenters. The first-order valence-corrected chi connectivity index (χ1v) is 8.35. The minimum absolute atomic E-state index is 0.216. The number of benzene rings is 2. The predicted molar refractivity (Wildman–Crippen MR) is 102 cm³/mol. The fourth-order valence-corrected chi connectivity index (χ4v) is 2.75. The Hall–Kier alpha value is -3.87. The maximum Gasteiger partial charge on any atom is 0.280 e. The van der Waals surface area contributed by atoms with E-state index in [0.29, 0.717) is 11.4 Å². The Kier molecular flexibility index (Phi) is 4.40. The van der Waals surface area contributed by atoms with E-state index in [4.69, 9.17) is 4.74 Å². The maximum absolute atomic E-state index is 12.7. The molecule has 0 saturated heterocycles. The smallest absolute Gasteiger partial charge is 0.280 e. The van der Waals surface area contributed by atoms with E-state index in [1.165, 1.54) is 7.11 Å². The SMILES string of the molecule is COc1cn(-c2ccccc2)nc1C(=O)Nc1cccc(-c2ccn[nH]2)c1. The van der Waals surface area contributed by atoms with E-state index in [1.807, 2.05) is 60.7 Å². The van der Waals surface area contributed by atoms with Crippen LogP contribution < -0.4 is 10.1 Å². The highest BCUT2D eigenvalue weighted by molar-refractivity contribution is 6.05. The zero-order valence-corrected chi connectivity index (χ0v) is 14.6. The summed E-state index contributed by atoms with van der Waals surface area (Å²) in [6.45, 7) is 0. The van der Waals surface area contributed by atoms with Crippen molar-refractivity contribution in [3.05, 3.63) is 78.8 Å². The molecule has 2 N–H and O–H groups in total. The minimum Gasteiger partial charge on any atom is -0.493 e. The van der Waals surface area contributed by atoms with Crippen LogP contribution in [0, 0.1) is 0 Å². The lowest BCUT2D eigenvalue weighted by molar-refractivity contribution is 0.101. The first-order chi connectivity index (χ1) is 13.2. The first kappa shape index (κ1) is 16.6. The third-order valence-electron chi connectivity index (χ3n) is 4.07. The predicted octanol–water partition coefficient (Wildman–Crippen LogP) is 3.52. The molecule has 27 heavy (non-hydrogen) atoms. The van der Waals surface area contributed by atoms with Crippen molar-refractivity contribution in [2.45, 2.75) is 0 Å². The van der Waals surface area contributed by atoms with E-state index in [1.54, 1.807) is 17.1 Å². The number of ether oxygens (including phenoxy) is 1. The third kappa shape index (κ3) is 3.43. The van der Waals surface area contributed by atoms with Crippen molar-refractivity contribution in [1.29, 1.82) is 0 Å². The van der Waals surface area contributed by atoms with Gasteiger partial charge < -0.3 is 10.1 Å². The number of para-hydroxylation sites is 1. The lowest BCUT2D eigenvalue weighted by atomic mass is 10.1. The molecule has 2 aromatic carbocycles. The Bertz CT molecular complexity index is 1060. The van der Waals surface area contributed by atoms with Gasteiger partial charge in [-0.1, -0.05) is 30.3 Å². The van der Waals surface area contributed by atoms with Crippen molar-refractivity contribution >= 4 is 11.6 Å². The van der Waals surface area contributed by atoms with Crippen LogP contribution in [0.2, 0.25) is 0 Å². The van der Waals surface area contributed by atoms with Crippen molar-refractivity contribution in [2.24, 2.45) is 0 Å². The van der Waals surface area contributed by atoms with Gasteiger partial charge in [0, 0.05) is 17.4 Å². The summed E-state index contributed by atoms with van der Waals surface area (Å²) in [5.41, 5.74) is 3.51. The van der Waals surface area contributed by atoms with Crippen LogP contribution in [0.5, 0.6) is 5.75 Å². The number of anilines is 1. The summed E-state index contributed by atoms with van der Waals surface area (Å²) in [6, 6.07) is 18.9. The second-order valence-corrected chi connectivity index (χ2v) is 5.83. The monoisotopic (exact) mass is 359 g/mol. The van der Waals surface area contributed by atoms with E-state index in [2.05, 4.69) is 20.6 Å². The van der Waals surface area contributed by atoms with Gasteiger partial charge in [-0.25, -0.2) is 4.68 Å². The molecule has 0 atom stereocenters. The van der Waals surface area contributed by atoms with Crippen molar-refractivity contribution in [3.8, 4) is 22.7 Å². The number of carbonyl (C=O) groups is 1. The highest BCUT2D eigenvalue weighted by Gasteiger charge is 2.18. The van der Waals surface area contributed by atoms with Crippen LogP contribution in [0.4, 0.5) is 5.69 Å². The number of rotatable bonds is 5. The Labute approximate surface area is 155 Å². The summed E-state index contributed by atoms with van der Waals surface area (Å²) in [4.78, 5) is 12.7. The lowest BCUT2D eigenvalue weighted by Gasteiger charge is -2.06. The maximum atomic E-state index is 12.7. The van der Waals surface area contributed by atoms with Gasteiger partial charge in [0.25, 0.3) is 5.91 Å².